The molecule has 1 saturated heterocycles. The van der Waals surface area contributed by atoms with E-state index in [1.807, 2.05) is 6.26 Å². The average molecular weight is 262 g/mol. The Morgan fingerprint density at radius 3 is 2.94 bits per heavy atom. The minimum Gasteiger partial charge on any atom is -0.480 e. The molecule has 0 aromatic carbocycles. The van der Waals surface area contributed by atoms with E-state index in [1.54, 1.807) is 11.8 Å². The summed E-state index contributed by atoms with van der Waals surface area (Å²) in [5, 5.41) is 14.5. The molecule has 2 atom stereocenters. The molecule has 1 rings (SSSR count). The minimum atomic E-state index is -1.00. The maximum absolute atomic E-state index is 11.7. The summed E-state index contributed by atoms with van der Waals surface area (Å²) in [6, 6.07) is -0.833. The van der Waals surface area contributed by atoms with Gasteiger partial charge in [-0.3, -0.25) is 4.79 Å². The summed E-state index contributed by atoms with van der Waals surface area (Å²) < 4.78 is 5.25. The molecule has 7 heteroatoms. The maximum atomic E-state index is 11.7. The molecule has 1 fully saturated rings. The molecule has 3 N–H and O–H groups in total. The van der Waals surface area contributed by atoms with Gasteiger partial charge < -0.3 is 20.5 Å². The van der Waals surface area contributed by atoms with Crippen molar-refractivity contribution in [2.45, 2.75) is 18.6 Å². The van der Waals surface area contributed by atoms with Crippen molar-refractivity contribution in [1.29, 1.82) is 0 Å². The van der Waals surface area contributed by atoms with E-state index in [9.17, 15) is 9.59 Å². The Labute approximate surface area is 104 Å². The number of carboxylic acids is 1. The van der Waals surface area contributed by atoms with E-state index >= 15 is 0 Å². The number of ether oxygens (including phenoxy) is 1. The molecule has 1 heterocycles. The molecular formula is C10H18N2O4S. The van der Waals surface area contributed by atoms with Crippen molar-refractivity contribution in [2.24, 2.45) is 0 Å². The Morgan fingerprint density at radius 2 is 2.41 bits per heavy atom. The molecule has 0 saturated carbocycles. The van der Waals surface area contributed by atoms with E-state index in [0.717, 1.165) is 6.54 Å². The quantitative estimate of drug-likeness (QED) is 0.586. The van der Waals surface area contributed by atoms with Crippen LogP contribution in [-0.2, 0) is 14.3 Å². The van der Waals surface area contributed by atoms with Crippen LogP contribution in [0.4, 0.5) is 0 Å². The number of amides is 1. The first-order valence-corrected chi connectivity index (χ1v) is 6.89. The van der Waals surface area contributed by atoms with Crippen LogP contribution in [0.5, 0.6) is 0 Å². The third-order valence-electron chi connectivity index (χ3n) is 2.45. The molecule has 0 bridgehead atoms. The normalized spacial score (nSPS) is 21.8. The predicted octanol–water partition coefficient (Wildman–Crippen LogP) is -0.703. The number of hydrogen-bond donors (Lipinski definition) is 3. The third-order valence-corrected chi connectivity index (χ3v) is 3.09. The molecule has 6 nitrogen and oxygen atoms in total. The molecule has 0 aromatic rings. The van der Waals surface area contributed by atoms with Crippen LogP contribution in [0.1, 0.15) is 6.42 Å². The highest BCUT2D eigenvalue weighted by Crippen LogP contribution is 2.03. The van der Waals surface area contributed by atoms with Gasteiger partial charge in [-0.1, -0.05) is 0 Å². The highest BCUT2D eigenvalue weighted by molar-refractivity contribution is 7.98. The fourth-order valence-electron chi connectivity index (χ4n) is 1.49. The first-order chi connectivity index (χ1) is 8.15. The van der Waals surface area contributed by atoms with Crippen LogP contribution in [0.2, 0.25) is 0 Å². The second-order valence-electron chi connectivity index (χ2n) is 3.74. The summed E-state index contributed by atoms with van der Waals surface area (Å²) in [7, 11) is 0. The van der Waals surface area contributed by atoms with Crippen molar-refractivity contribution in [3.8, 4) is 0 Å². The first-order valence-electron chi connectivity index (χ1n) is 5.49. The van der Waals surface area contributed by atoms with E-state index in [0.29, 0.717) is 25.3 Å². The lowest BCUT2D eigenvalue weighted by Gasteiger charge is -2.24. The van der Waals surface area contributed by atoms with E-state index in [-0.39, 0.29) is 5.91 Å². The number of rotatable bonds is 6. The first kappa shape index (κ1) is 14.3. The van der Waals surface area contributed by atoms with E-state index in [1.165, 1.54) is 0 Å². The zero-order valence-corrected chi connectivity index (χ0v) is 10.6. The highest BCUT2D eigenvalue weighted by Gasteiger charge is 2.26. The van der Waals surface area contributed by atoms with Crippen LogP contribution in [0.3, 0.4) is 0 Å². The van der Waals surface area contributed by atoms with Crippen molar-refractivity contribution < 1.29 is 19.4 Å². The largest absolute Gasteiger partial charge is 0.480 e. The second kappa shape index (κ2) is 7.52. The van der Waals surface area contributed by atoms with Crippen LogP contribution >= 0.6 is 11.8 Å². The number of thioether (sulfide) groups is 1. The number of aliphatic carboxylic acids is 1. The van der Waals surface area contributed by atoms with Crippen molar-refractivity contribution >= 4 is 23.6 Å². The molecule has 0 aliphatic carbocycles. The van der Waals surface area contributed by atoms with Crippen molar-refractivity contribution in [1.82, 2.24) is 10.6 Å². The number of morpholine rings is 1. The maximum Gasteiger partial charge on any atom is 0.326 e. The SMILES string of the molecule is CSCCC(NC(=O)C1CNCCO1)C(=O)O. The summed E-state index contributed by atoms with van der Waals surface area (Å²) >= 11 is 1.55. The van der Waals surface area contributed by atoms with Crippen LogP contribution in [0.15, 0.2) is 0 Å². The summed E-state index contributed by atoms with van der Waals surface area (Å²) in [6.07, 6.45) is 1.73. The van der Waals surface area contributed by atoms with Crippen molar-refractivity contribution in [2.75, 3.05) is 31.7 Å². The lowest BCUT2D eigenvalue weighted by molar-refractivity contribution is -0.145. The van der Waals surface area contributed by atoms with Crippen LogP contribution in [0.25, 0.3) is 0 Å². The number of hydrogen-bond acceptors (Lipinski definition) is 5. The molecule has 17 heavy (non-hydrogen) atoms. The van der Waals surface area contributed by atoms with Gasteiger partial charge in [0.15, 0.2) is 0 Å². The number of carbonyl (C=O) groups excluding carboxylic acids is 1. The topological polar surface area (TPSA) is 87.7 Å². The highest BCUT2D eigenvalue weighted by atomic mass is 32.2. The predicted molar refractivity (Wildman–Crippen MR) is 65.2 cm³/mol. The van der Waals surface area contributed by atoms with Gasteiger partial charge in [0.25, 0.3) is 5.91 Å². The van der Waals surface area contributed by atoms with Gasteiger partial charge in [0.2, 0.25) is 0 Å². The lowest BCUT2D eigenvalue weighted by atomic mass is 10.2. The second-order valence-corrected chi connectivity index (χ2v) is 4.73. The molecule has 0 spiro atoms. The number of carbonyl (C=O) groups is 2. The van der Waals surface area contributed by atoms with Crippen molar-refractivity contribution in [3.05, 3.63) is 0 Å². The lowest BCUT2D eigenvalue weighted by Crippen LogP contribution is -2.52. The standard InChI is InChI=1S/C10H18N2O4S/c1-17-5-2-7(10(14)15)12-9(13)8-6-11-3-4-16-8/h7-8,11H,2-6H2,1H3,(H,12,13)(H,14,15). The van der Waals surface area contributed by atoms with E-state index in [2.05, 4.69) is 10.6 Å². The number of carboxylic acid groups (broad SMARTS) is 1. The Morgan fingerprint density at radius 1 is 1.65 bits per heavy atom. The number of nitrogens with one attached hydrogen (secondary N) is 2. The monoisotopic (exact) mass is 262 g/mol. The van der Waals surface area contributed by atoms with E-state index in [4.69, 9.17) is 9.84 Å². The molecule has 1 aliphatic rings. The average Bonchev–Trinajstić information content (AvgIpc) is 2.35. The molecule has 0 aromatic heterocycles. The Hall–Kier alpha value is -0.790. The zero-order valence-electron chi connectivity index (χ0n) is 9.77. The third kappa shape index (κ3) is 4.93. The summed E-state index contributed by atoms with van der Waals surface area (Å²) in [5.41, 5.74) is 0. The van der Waals surface area contributed by atoms with Crippen LogP contribution in [-0.4, -0.2) is 60.8 Å². The summed E-state index contributed by atoms with van der Waals surface area (Å²) in [5.74, 6) is -0.664. The Bertz CT molecular complexity index is 269. The zero-order chi connectivity index (χ0) is 12.7. The fourth-order valence-corrected chi connectivity index (χ4v) is 1.96. The molecule has 2 unspecified atom stereocenters. The van der Waals surface area contributed by atoms with Crippen LogP contribution < -0.4 is 10.6 Å². The van der Waals surface area contributed by atoms with Gasteiger partial charge in [-0.05, 0) is 18.4 Å². The molecule has 1 aliphatic heterocycles. The van der Waals surface area contributed by atoms with Gasteiger partial charge in [-0.25, -0.2) is 4.79 Å². The smallest absolute Gasteiger partial charge is 0.326 e. The van der Waals surface area contributed by atoms with Gasteiger partial charge in [-0.2, -0.15) is 11.8 Å². The van der Waals surface area contributed by atoms with Gasteiger partial charge in [0, 0.05) is 13.1 Å². The summed E-state index contributed by atoms with van der Waals surface area (Å²) in [6.45, 7) is 1.62. The molecule has 0 radical (unpaired) electrons. The minimum absolute atomic E-state index is 0.356. The molecule has 98 valence electrons. The fraction of sp³-hybridized carbons (Fsp3) is 0.800. The molecule has 1 amide bonds. The van der Waals surface area contributed by atoms with Gasteiger partial charge in [-0.15, -0.1) is 0 Å². The van der Waals surface area contributed by atoms with Gasteiger partial charge in [0.05, 0.1) is 6.61 Å². The van der Waals surface area contributed by atoms with Gasteiger partial charge in [0.1, 0.15) is 12.1 Å². The van der Waals surface area contributed by atoms with Crippen molar-refractivity contribution in [3.63, 3.8) is 0 Å². The molecular weight excluding hydrogens is 244 g/mol. The Balaban J connectivity index is 2.42. The van der Waals surface area contributed by atoms with Gasteiger partial charge >= 0.3 is 5.97 Å². The Kier molecular flexibility index (Phi) is 6.31. The van der Waals surface area contributed by atoms with E-state index < -0.39 is 18.1 Å². The van der Waals surface area contributed by atoms with Crippen LogP contribution in [0, 0.1) is 0 Å². The summed E-state index contributed by atoms with van der Waals surface area (Å²) in [4.78, 5) is 22.7.